The number of fused-ring (bicyclic) bond motifs is 5. The topological polar surface area (TPSA) is 74.6 Å². The van der Waals surface area contributed by atoms with E-state index in [2.05, 4.69) is 78.7 Å². The highest BCUT2D eigenvalue weighted by Gasteiger charge is 2.35. The third kappa shape index (κ3) is 3.57. The normalized spacial score (nSPS) is 18.5. The van der Waals surface area contributed by atoms with Crippen molar-refractivity contribution in [1.82, 2.24) is 29.5 Å². The third-order valence-corrected chi connectivity index (χ3v) is 7.62. The number of aromatic amines is 1. The number of aryl methyl sites for hydroxylation is 1. The molecule has 1 atom stereocenters. The van der Waals surface area contributed by atoms with E-state index in [1.54, 1.807) is 6.33 Å². The van der Waals surface area contributed by atoms with Gasteiger partial charge in [-0.25, -0.2) is 14.5 Å². The van der Waals surface area contributed by atoms with E-state index < -0.39 is 0 Å². The van der Waals surface area contributed by atoms with Crippen molar-refractivity contribution < 1.29 is 4.74 Å². The van der Waals surface area contributed by atoms with Crippen LogP contribution in [-0.4, -0.2) is 68.3 Å². The summed E-state index contributed by atoms with van der Waals surface area (Å²) in [5.41, 5.74) is 8.81. The minimum Gasteiger partial charge on any atom is -0.487 e. The van der Waals surface area contributed by atoms with Gasteiger partial charge < -0.3 is 14.6 Å². The number of hydrogen-bond donors (Lipinski definition) is 1. The highest BCUT2D eigenvalue weighted by molar-refractivity contribution is 5.92. The highest BCUT2D eigenvalue weighted by Crippen LogP contribution is 2.42. The van der Waals surface area contributed by atoms with Gasteiger partial charge in [0.1, 0.15) is 12.9 Å². The number of hydrogen-bond acceptors (Lipinski definition) is 6. The Labute approximate surface area is 206 Å². The van der Waals surface area contributed by atoms with Gasteiger partial charge in [0.25, 0.3) is 0 Å². The van der Waals surface area contributed by atoms with Crippen LogP contribution in [0, 0.1) is 19.8 Å². The van der Waals surface area contributed by atoms with Crippen molar-refractivity contribution in [2.75, 3.05) is 37.7 Å². The van der Waals surface area contributed by atoms with E-state index in [0.717, 1.165) is 71.2 Å². The van der Waals surface area contributed by atoms with Gasteiger partial charge in [-0.15, -0.1) is 0 Å². The van der Waals surface area contributed by atoms with Gasteiger partial charge >= 0.3 is 0 Å². The second-order valence-corrected chi connectivity index (χ2v) is 10.9. The van der Waals surface area contributed by atoms with Gasteiger partial charge in [-0.1, -0.05) is 27.7 Å². The Morgan fingerprint density at radius 1 is 1.14 bits per heavy atom. The molecule has 184 valence electrons. The predicted octanol–water partition coefficient (Wildman–Crippen LogP) is 4.55. The van der Waals surface area contributed by atoms with Gasteiger partial charge in [-0.3, -0.25) is 4.90 Å². The number of anilines is 1. The van der Waals surface area contributed by atoms with E-state index in [9.17, 15) is 0 Å². The van der Waals surface area contributed by atoms with Gasteiger partial charge in [-0.2, -0.15) is 5.10 Å². The Morgan fingerprint density at radius 2 is 1.97 bits per heavy atom. The molecule has 35 heavy (non-hydrogen) atoms. The molecule has 1 saturated heterocycles. The standard InChI is InChI=1S/C27H35N7O/c1-15(2)10-32-7-8-33-19(11-32)13-35-22-9-21-25(31-27(22)33)23(16(3)4)24(30-21)20-12-34-26(28-14-29-34)18(6)17(20)5/h9,12,14-16,19,30H,7-8,10-11,13H2,1-6H3. The molecule has 0 saturated carbocycles. The first kappa shape index (κ1) is 22.3. The SMILES string of the molecule is Cc1c(-c2[nH]c3cc4c(nc3c2C(C)C)N2CCN(CC(C)C)CC2CO4)cn2ncnc2c1C. The van der Waals surface area contributed by atoms with Crippen molar-refractivity contribution in [3.05, 3.63) is 35.3 Å². The number of nitrogens with zero attached hydrogens (tertiary/aromatic N) is 6. The minimum atomic E-state index is 0.304. The summed E-state index contributed by atoms with van der Waals surface area (Å²) in [6.07, 6.45) is 3.70. The fraction of sp³-hybridized carbons (Fsp3) is 0.519. The molecule has 0 amide bonds. The zero-order chi connectivity index (χ0) is 24.4. The summed E-state index contributed by atoms with van der Waals surface area (Å²) in [5, 5.41) is 4.41. The maximum Gasteiger partial charge on any atom is 0.172 e. The summed E-state index contributed by atoms with van der Waals surface area (Å²) in [4.78, 5) is 18.5. The van der Waals surface area contributed by atoms with Crippen molar-refractivity contribution in [1.29, 1.82) is 0 Å². The van der Waals surface area contributed by atoms with E-state index in [0.29, 0.717) is 24.5 Å². The van der Waals surface area contributed by atoms with E-state index in [4.69, 9.17) is 9.72 Å². The minimum absolute atomic E-state index is 0.304. The lowest BCUT2D eigenvalue weighted by atomic mass is 9.95. The summed E-state index contributed by atoms with van der Waals surface area (Å²) < 4.78 is 8.16. The molecule has 8 nitrogen and oxygen atoms in total. The molecule has 1 unspecified atom stereocenters. The van der Waals surface area contributed by atoms with Crippen LogP contribution in [0.4, 0.5) is 5.82 Å². The number of piperazine rings is 1. The zero-order valence-electron chi connectivity index (χ0n) is 21.6. The van der Waals surface area contributed by atoms with Crippen molar-refractivity contribution in [2.24, 2.45) is 5.92 Å². The molecule has 0 bridgehead atoms. The van der Waals surface area contributed by atoms with Crippen molar-refractivity contribution in [3.63, 3.8) is 0 Å². The number of pyridine rings is 2. The molecule has 1 fully saturated rings. The van der Waals surface area contributed by atoms with E-state index in [1.807, 2.05) is 4.52 Å². The van der Waals surface area contributed by atoms with E-state index in [1.165, 1.54) is 11.1 Å². The fourth-order valence-electron chi connectivity index (χ4n) is 5.86. The van der Waals surface area contributed by atoms with Crippen molar-refractivity contribution >= 4 is 22.5 Å². The molecule has 2 aliphatic heterocycles. The van der Waals surface area contributed by atoms with Crippen LogP contribution in [0.25, 0.3) is 27.9 Å². The Hall–Kier alpha value is -3.13. The smallest absolute Gasteiger partial charge is 0.172 e. The molecule has 4 aromatic rings. The largest absolute Gasteiger partial charge is 0.487 e. The maximum absolute atomic E-state index is 6.29. The van der Waals surface area contributed by atoms with Crippen LogP contribution in [0.3, 0.4) is 0 Å². The monoisotopic (exact) mass is 473 g/mol. The Bertz CT molecular complexity index is 1420. The summed E-state index contributed by atoms with van der Waals surface area (Å²) in [6, 6.07) is 2.50. The third-order valence-electron chi connectivity index (χ3n) is 7.62. The van der Waals surface area contributed by atoms with Gasteiger partial charge in [0, 0.05) is 49.6 Å². The zero-order valence-corrected chi connectivity index (χ0v) is 21.6. The quantitative estimate of drug-likeness (QED) is 0.469. The van der Waals surface area contributed by atoms with E-state index >= 15 is 0 Å². The Morgan fingerprint density at radius 3 is 2.74 bits per heavy atom. The average molecular weight is 474 g/mol. The van der Waals surface area contributed by atoms with Gasteiger partial charge in [0.2, 0.25) is 0 Å². The molecule has 4 aromatic heterocycles. The molecule has 0 radical (unpaired) electrons. The molecular weight excluding hydrogens is 438 g/mol. The second-order valence-electron chi connectivity index (χ2n) is 10.9. The second kappa shape index (κ2) is 8.22. The van der Waals surface area contributed by atoms with Crippen LogP contribution in [0.2, 0.25) is 0 Å². The van der Waals surface area contributed by atoms with Gasteiger partial charge in [0.05, 0.1) is 22.8 Å². The molecule has 6 heterocycles. The molecule has 0 aliphatic carbocycles. The van der Waals surface area contributed by atoms with Crippen LogP contribution in [0.15, 0.2) is 18.6 Å². The number of H-pyrrole nitrogens is 1. The van der Waals surface area contributed by atoms with Crippen molar-refractivity contribution in [3.8, 4) is 17.0 Å². The van der Waals surface area contributed by atoms with Gasteiger partial charge in [0.15, 0.2) is 17.2 Å². The number of ether oxygens (including phenoxy) is 1. The first-order valence-electron chi connectivity index (χ1n) is 12.8. The first-order chi connectivity index (χ1) is 16.8. The average Bonchev–Trinajstić information content (AvgIpc) is 3.43. The Balaban J connectivity index is 1.47. The molecule has 8 heteroatoms. The molecule has 0 spiro atoms. The number of nitrogens with one attached hydrogen (secondary N) is 1. The fourth-order valence-corrected chi connectivity index (χ4v) is 5.86. The van der Waals surface area contributed by atoms with E-state index in [-0.39, 0.29) is 0 Å². The summed E-state index contributed by atoms with van der Waals surface area (Å²) in [7, 11) is 0. The van der Waals surface area contributed by atoms with Crippen LogP contribution in [0.5, 0.6) is 5.75 Å². The number of aromatic nitrogens is 5. The lowest BCUT2D eigenvalue weighted by molar-refractivity contribution is 0.155. The summed E-state index contributed by atoms with van der Waals surface area (Å²) in [5.74, 6) is 2.85. The molecule has 2 aliphatic rings. The van der Waals surface area contributed by atoms with Crippen LogP contribution in [-0.2, 0) is 0 Å². The van der Waals surface area contributed by atoms with Crippen LogP contribution >= 0.6 is 0 Å². The lowest BCUT2D eigenvalue weighted by Gasteiger charge is -2.45. The van der Waals surface area contributed by atoms with Gasteiger partial charge in [-0.05, 0) is 36.8 Å². The molecular formula is C27H35N7O. The lowest BCUT2D eigenvalue weighted by Crippen LogP contribution is -2.57. The maximum atomic E-state index is 6.29. The Kier molecular flexibility index (Phi) is 5.25. The predicted molar refractivity (Wildman–Crippen MR) is 140 cm³/mol. The summed E-state index contributed by atoms with van der Waals surface area (Å²) >= 11 is 0. The molecule has 0 aromatic carbocycles. The molecule has 1 N–H and O–H groups in total. The highest BCUT2D eigenvalue weighted by atomic mass is 16.5. The van der Waals surface area contributed by atoms with Crippen molar-refractivity contribution in [2.45, 2.75) is 53.5 Å². The molecule has 6 rings (SSSR count). The summed E-state index contributed by atoms with van der Waals surface area (Å²) in [6.45, 7) is 18.3. The number of rotatable bonds is 4. The first-order valence-corrected chi connectivity index (χ1v) is 12.8. The van der Waals surface area contributed by atoms with Crippen LogP contribution in [0.1, 0.15) is 50.3 Å². The van der Waals surface area contributed by atoms with Crippen LogP contribution < -0.4 is 9.64 Å².